The molecule has 130 valence electrons. The molecule has 0 aliphatic heterocycles. The maximum absolute atomic E-state index is 12.2. The Morgan fingerprint density at radius 2 is 1.87 bits per heavy atom. The molecule has 2 N–H and O–H groups in total. The zero-order chi connectivity index (χ0) is 16.9. The molecular formula is C15H25N3O4S. The maximum atomic E-state index is 12.2. The Balaban J connectivity index is 1.81. The highest BCUT2D eigenvalue weighted by Crippen LogP contribution is 2.19. The summed E-state index contributed by atoms with van der Waals surface area (Å²) >= 11 is 0. The van der Waals surface area contributed by atoms with Gasteiger partial charge in [-0.1, -0.05) is 30.8 Å². The van der Waals surface area contributed by atoms with E-state index in [2.05, 4.69) is 15.2 Å². The topological polar surface area (TPSA) is 101 Å². The van der Waals surface area contributed by atoms with Crippen molar-refractivity contribution in [2.45, 2.75) is 69.7 Å². The number of rotatable bonds is 6. The first kappa shape index (κ1) is 17.9. The van der Waals surface area contributed by atoms with Crippen molar-refractivity contribution in [3.8, 4) is 0 Å². The molecule has 0 atom stereocenters. The number of hydrogen-bond donors (Lipinski definition) is 2. The summed E-state index contributed by atoms with van der Waals surface area (Å²) in [6.07, 6.45) is 6.88. The van der Waals surface area contributed by atoms with Crippen LogP contribution in [-0.2, 0) is 14.8 Å². The van der Waals surface area contributed by atoms with E-state index in [1.54, 1.807) is 13.8 Å². The van der Waals surface area contributed by atoms with Crippen molar-refractivity contribution in [3.05, 3.63) is 11.5 Å². The summed E-state index contributed by atoms with van der Waals surface area (Å²) in [7, 11) is -3.70. The Labute approximate surface area is 137 Å². The van der Waals surface area contributed by atoms with E-state index < -0.39 is 10.0 Å². The summed E-state index contributed by atoms with van der Waals surface area (Å²) in [6.45, 7) is 3.18. The van der Waals surface area contributed by atoms with Crippen molar-refractivity contribution in [1.82, 2.24) is 15.2 Å². The van der Waals surface area contributed by atoms with E-state index in [0.29, 0.717) is 5.69 Å². The van der Waals surface area contributed by atoms with Crippen molar-refractivity contribution in [3.63, 3.8) is 0 Å². The van der Waals surface area contributed by atoms with Gasteiger partial charge in [-0.2, -0.15) is 0 Å². The van der Waals surface area contributed by atoms with Gasteiger partial charge in [0, 0.05) is 19.0 Å². The molecule has 1 aliphatic carbocycles. The van der Waals surface area contributed by atoms with E-state index in [-0.39, 0.29) is 35.6 Å². The van der Waals surface area contributed by atoms with Crippen LogP contribution in [-0.4, -0.2) is 32.1 Å². The first-order valence-corrected chi connectivity index (χ1v) is 9.60. The quantitative estimate of drug-likeness (QED) is 0.767. The molecule has 7 nitrogen and oxygen atoms in total. The Bertz CT molecular complexity index is 612. The molecular weight excluding hydrogens is 318 g/mol. The molecule has 0 bridgehead atoms. The van der Waals surface area contributed by atoms with Gasteiger partial charge in [0.25, 0.3) is 0 Å². The molecule has 1 aliphatic rings. The molecule has 2 rings (SSSR count). The monoisotopic (exact) mass is 343 g/mol. The van der Waals surface area contributed by atoms with Gasteiger partial charge in [0.1, 0.15) is 10.6 Å². The van der Waals surface area contributed by atoms with Crippen LogP contribution >= 0.6 is 0 Å². The number of carbonyl (C=O) groups is 1. The van der Waals surface area contributed by atoms with Crippen molar-refractivity contribution in [1.29, 1.82) is 0 Å². The van der Waals surface area contributed by atoms with E-state index in [1.807, 2.05) is 0 Å². The number of sulfonamides is 1. The van der Waals surface area contributed by atoms with E-state index in [4.69, 9.17) is 4.52 Å². The molecule has 1 saturated carbocycles. The molecule has 23 heavy (non-hydrogen) atoms. The largest absolute Gasteiger partial charge is 0.360 e. The molecule has 1 fully saturated rings. The number of nitrogens with one attached hydrogen (secondary N) is 2. The fourth-order valence-electron chi connectivity index (χ4n) is 2.95. The second-order valence-corrected chi connectivity index (χ2v) is 7.76. The van der Waals surface area contributed by atoms with Gasteiger partial charge in [0.15, 0.2) is 5.76 Å². The predicted molar refractivity (Wildman–Crippen MR) is 85.4 cm³/mol. The number of amides is 1. The molecule has 1 heterocycles. The summed E-state index contributed by atoms with van der Waals surface area (Å²) in [5, 5.41) is 6.64. The molecule has 1 aromatic heterocycles. The van der Waals surface area contributed by atoms with Gasteiger partial charge >= 0.3 is 0 Å². The fourth-order valence-corrected chi connectivity index (χ4v) is 4.31. The summed E-state index contributed by atoms with van der Waals surface area (Å²) in [5.41, 5.74) is 0.318. The molecule has 1 amide bonds. The number of hydrogen-bond acceptors (Lipinski definition) is 5. The average molecular weight is 343 g/mol. The smallest absolute Gasteiger partial charge is 0.245 e. The summed E-state index contributed by atoms with van der Waals surface area (Å²) in [4.78, 5) is 12.0. The first-order valence-electron chi connectivity index (χ1n) is 8.12. The average Bonchev–Trinajstić information content (AvgIpc) is 2.67. The SMILES string of the molecule is Cc1noc(C)c1S(=O)(=O)NCCC(=O)NC1CCCCCC1. The van der Waals surface area contributed by atoms with Crippen molar-refractivity contribution >= 4 is 15.9 Å². The maximum Gasteiger partial charge on any atom is 0.245 e. The van der Waals surface area contributed by atoms with Crippen LogP contribution in [0.5, 0.6) is 0 Å². The minimum absolute atomic E-state index is 0.0571. The normalized spacial score (nSPS) is 17.0. The second kappa shape index (κ2) is 7.92. The Morgan fingerprint density at radius 1 is 1.22 bits per heavy atom. The van der Waals surface area contributed by atoms with Gasteiger partial charge < -0.3 is 9.84 Å². The lowest BCUT2D eigenvalue weighted by Gasteiger charge is -2.16. The molecule has 1 aromatic rings. The minimum atomic E-state index is -3.70. The number of nitrogens with zero attached hydrogens (tertiary/aromatic N) is 1. The zero-order valence-electron chi connectivity index (χ0n) is 13.7. The highest BCUT2D eigenvalue weighted by molar-refractivity contribution is 7.89. The van der Waals surface area contributed by atoms with Gasteiger partial charge in [0.2, 0.25) is 15.9 Å². The van der Waals surface area contributed by atoms with Crippen molar-refractivity contribution in [2.75, 3.05) is 6.54 Å². The highest BCUT2D eigenvalue weighted by atomic mass is 32.2. The Morgan fingerprint density at radius 3 is 2.43 bits per heavy atom. The van der Waals surface area contributed by atoms with E-state index in [0.717, 1.165) is 25.7 Å². The third-order valence-corrected chi connectivity index (χ3v) is 5.81. The van der Waals surface area contributed by atoms with Crippen LogP contribution in [0.15, 0.2) is 9.42 Å². The lowest BCUT2D eigenvalue weighted by Crippen LogP contribution is -2.37. The highest BCUT2D eigenvalue weighted by Gasteiger charge is 2.24. The van der Waals surface area contributed by atoms with Crippen LogP contribution < -0.4 is 10.0 Å². The molecule has 0 aromatic carbocycles. The van der Waals surface area contributed by atoms with Gasteiger partial charge in [-0.3, -0.25) is 4.79 Å². The van der Waals surface area contributed by atoms with Gasteiger partial charge in [-0.05, 0) is 26.7 Å². The zero-order valence-corrected chi connectivity index (χ0v) is 14.5. The number of aryl methyl sites for hydroxylation is 2. The number of carbonyl (C=O) groups excluding carboxylic acids is 1. The van der Waals surface area contributed by atoms with E-state index >= 15 is 0 Å². The first-order chi connectivity index (χ1) is 10.9. The second-order valence-electron chi connectivity index (χ2n) is 6.06. The van der Waals surface area contributed by atoms with Crippen LogP contribution in [0.2, 0.25) is 0 Å². The summed E-state index contributed by atoms with van der Waals surface area (Å²) in [6, 6.07) is 0.226. The van der Waals surface area contributed by atoms with Gasteiger partial charge in [-0.25, -0.2) is 13.1 Å². The summed E-state index contributed by atoms with van der Waals surface area (Å²) < 4.78 is 31.7. The van der Waals surface area contributed by atoms with Crippen LogP contribution in [0.25, 0.3) is 0 Å². The Kier molecular flexibility index (Phi) is 6.17. The fraction of sp³-hybridized carbons (Fsp3) is 0.733. The molecule has 0 unspecified atom stereocenters. The molecule has 8 heteroatoms. The lowest BCUT2D eigenvalue weighted by atomic mass is 10.1. The van der Waals surface area contributed by atoms with Crippen LogP contribution in [0, 0.1) is 13.8 Å². The molecule has 0 saturated heterocycles. The van der Waals surface area contributed by atoms with Gasteiger partial charge in [-0.15, -0.1) is 0 Å². The number of aromatic nitrogens is 1. The summed E-state index contributed by atoms with van der Waals surface area (Å²) in [5.74, 6) is 0.135. The lowest BCUT2D eigenvalue weighted by molar-refractivity contribution is -0.121. The molecule has 0 spiro atoms. The van der Waals surface area contributed by atoms with Crippen molar-refractivity contribution in [2.24, 2.45) is 0 Å². The van der Waals surface area contributed by atoms with E-state index in [9.17, 15) is 13.2 Å². The predicted octanol–water partition coefficient (Wildman–Crippen LogP) is 1.80. The van der Waals surface area contributed by atoms with Crippen molar-refractivity contribution < 1.29 is 17.7 Å². The third kappa shape index (κ3) is 5.04. The van der Waals surface area contributed by atoms with Gasteiger partial charge in [0.05, 0.1) is 0 Å². The molecule has 0 radical (unpaired) electrons. The van der Waals surface area contributed by atoms with Crippen LogP contribution in [0.3, 0.4) is 0 Å². The van der Waals surface area contributed by atoms with E-state index in [1.165, 1.54) is 12.8 Å². The van der Waals surface area contributed by atoms with Crippen LogP contribution in [0.4, 0.5) is 0 Å². The Hall–Kier alpha value is -1.41. The standard InChI is InChI=1S/C15H25N3O4S/c1-11-15(12(2)22-18-11)23(20,21)16-10-9-14(19)17-13-7-5-3-4-6-8-13/h13,16H,3-10H2,1-2H3,(H,17,19). The minimum Gasteiger partial charge on any atom is -0.360 e. The van der Waals surface area contributed by atoms with Crippen LogP contribution in [0.1, 0.15) is 56.4 Å². The third-order valence-electron chi connectivity index (χ3n) is 4.10.